The van der Waals surface area contributed by atoms with Crippen LogP contribution in [0.3, 0.4) is 0 Å². The normalized spacial score (nSPS) is 13.0. The molecule has 0 unspecified atom stereocenters. The van der Waals surface area contributed by atoms with Crippen molar-refractivity contribution < 1.29 is 0 Å². The summed E-state index contributed by atoms with van der Waals surface area (Å²) in [6, 6.07) is 10.4. The summed E-state index contributed by atoms with van der Waals surface area (Å²) in [6.07, 6.45) is 0. The Labute approximate surface area is 87.7 Å². The van der Waals surface area contributed by atoms with E-state index in [2.05, 4.69) is 49.6 Å². The van der Waals surface area contributed by atoms with Gasteiger partial charge in [-0.15, -0.1) is 0 Å². The number of hydrogen-bond acceptors (Lipinski definition) is 1. The van der Waals surface area contributed by atoms with Crippen molar-refractivity contribution in [3.8, 4) is 0 Å². The predicted molar refractivity (Wildman–Crippen MR) is 66.8 cm³/mol. The predicted octanol–water partition coefficient (Wildman–Crippen LogP) is 2.91. The molecule has 2 N–H and O–H groups in total. The molecule has 0 heterocycles. The summed E-state index contributed by atoms with van der Waals surface area (Å²) in [5.74, 6) is 0. The zero-order valence-electron chi connectivity index (χ0n) is 9.25. The maximum atomic E-state index is 5.77. The van der Waals surface area contributed by atoms with Crippen LogP contribution in [0.15, 0.2) is 36.0 Å². The lowest BCUT2D eigenvalue weighted by atomic mass is 10.1. The summed E-state index contributed by atoms with van der Waals surface area (Å²) < 4.78 is 0. The molecule has 0 fully saturated rings. The van der Waals surface area contributed by atoms with Gasteiger partial charge in [0, 0.05) is 6.54 Å². The fourth-order valence-electron chi connectivity index (χ4n) is 1.44. The average Bonchev–Trinajstić information content (AvgIpc) is 2.14. The summed E-state index contributed by atoms with van der Waals surface area (Å²) in [7, 11) is -1.17. The number of rotatable bonds is 3. The van der Waals surface area contributed by atoms with Gasteiger partial charge in [0.25, 0.3) is 0 Å². The van der Waals surface area contributed by atoms with Gasteiger partial charge in [-0.2, -0.15) is 0 Å². The second kappa shape index (κ2) is 4.58. The maximum Gasteiger partial charge on any atom is 0.0691 e. The molecule has 0 saturated carbocycles. The zero-order valence-corrected chi connectivity index (χ0v) is 10.2. The Morgan fingerprint density at radius 3 is 2.21 bits per heavy atom. The van der Waals surface area contributed by atoms with E-state index in [1.807, 2.05) is 6.07 Å². The van der Waals surface area contributed by atoms with E-state index in [1.54, 1.807) is 0 Å². The first kappa shape index (κ1) is 11.2. The highest BCUT2D eigenvalue weighted by Gasteiger charge is 2.10. The van der Waals surface area contributed by atoms with Crippen LogP contribution < -0.4 is 5.73 Å². The highest BCUT2D eigenvalue weighted by Crippen LogP contribution is 2.16. The van der Waals surface area contributed by atoms with E-state index < -0.39 is 8.07 Å². The highest BCUT2D eigenvalue weighted by atomic mass is 28.3. The van der Waals surface area contributed by atoms with Crippen molar-refractivity contribution in [2.45, 2.75) is 19.6 Å². The third-order valence-electron chi connectivity index (χ3n) is 1.97. The molecule has 0 aliphatic heterocycles. The maximum absolute atomic E-state index is 5.77. The summed E-state index contributed by atoms with van der Waals surface area (Å²) in [5, 5.41) is 0. The first-order valence-electron chi connectivity index (χ1n) is 5.00. The minimum absolute atomic E-state index is 0.633. The van der Waals surface area contributed by atoms with Gasteiger partial charge >= 0.3 is 0 Å². The molecule has 1 rings (SSSR count). The lowest BCUT2D eigenvalue weighted by molar-refractivity contribution is 1.27. The number of benzene rings is 1. The first-order valence-corrected chi connectivity index (χ1v) is 8.58. The van der Waals surface area contributed by atoms with Crippen LogP contribution in [0.25, 0.3) is 5.57 Å². The molecule has 0 aromatic heterocycles. The molecule has 76 valence electrons. The van der Waals surface area contributed by atoms with Crippen LogP contribution in [0.2, 0.25) is 19.6 Å². The molecule has 0 saturated heterocycles. The minimum Gasteiger partial charge on any atom is -0.327 e. The monoisotopic (exact) mass is 205 g/mol. The molecule has 14 heavy (non-hydrogen) atoms. The van der Waals surface area contributed by atoms with Gasteiger partial charge in [0.05, 0.1) is 8.07 Å². The molecule has 0 amide bonds. The fraction of sp³-hybridized carbons (Fsp3) is 0.333. The van der Waals surface area contributed by atoms with Crippen LogP contribution in [0.4, 0.5) is 0 Å². The Kier molecular flexibility index (Phi) is 3.67. The SMILES string of the molecule is C[Si](C)(C)C=C(CN)c1ccccc1. The van der Waals surface area contributed by atoms with E-state index in [-0.39, 0.29) is 0 Å². The smallest absolute Gasteiger partial charge is 0.0691 e. The fourth-order valence-corrected chi connectivity index (χ4v) is 2.76. The Bertz CT molecular complexity index is 309. The quantitative estimate of drug-likeness (QED) is 0.754. The van der Waals surface area contributed by atoms with Crippen molar-refractivity contribution in [3.05, 3.63) is 41.6 Å². The van der Waals surface area contributed by atoms with E-state index >= 15 is 0 Å². The molecule has 1 aromatic rings. The van der Waals surface area contributed by atoms with Crippen LogP contribution in [-0.2, 0) is 0 Å². The summed E-state index contributed by atoms with van der Waals surface area (Å²) in [4.78, 5) is 0. The van der Waals surface area contributed by atoms with Crippen LogP contribution in [0.5, 0.6) is 0 Å². The summed E-state index contributed by atoms with van der Waals surface area (Å²) in [6.45, 7) is 7.61. The molecule has 1 aromatic carbocycles. The van der Waals surface area contributed by atoms with E-state index in [4.69, 9.17) is 5.73 Å². The van der Waals surface area contributed by atoms with E-state index in [0.717, 1.165) is 0 Å². The average molecular weight is 205 g/mol. The Morgan fingerprint density at radius 2 is 1.79 bits per heavy atom. The molecule has 0 bridgehead atoms. The minimum atomic E-state index is -1.17. The standard InChI is InChI=1S/C12H19NSi/c1-14(2,3)10-12(9-13)11-7-5-4-6-8-11/h4-8,10H,9,13H2,1-3H3. The molecule has 0 aliphatic rings. The molecular weight excluding hydrogens is 186 g/mol. The van der Waals surface area contributed by atoms with E-state index in [9.17, 15) is 0 Å². The molecule has 2 heteroatoms. The van der Waals surface area contributed by atoms with Gasteiger partial charge in [0.2, 0.25) is 0 Å². The van der Waals surface area contributed by atoms with Crippen molar-refractivity contribution in [1.29, 1.82) is 0 Å². The molecule has 1 nitrogen and oxygen atoms in total. The van der Waals surface area contributed by atoms with Crippen LogP contribution in [-0.4, -0.2) is 14.6 Å². The van der Waals surface area contributed by atoms with Crippen molar-refractivity contribution >= 4 is 13.6 Å². The Hall–Kier alpha value is -0.863. The molecule has 0 atom stereocenters. The van der Waals surface area contributed by atoms with Gasteiger partial charge in [0.1, 0.15) is 0 Å². The number of nitrogens with two attached hydrogens (primary N) is 1. The van der Waals surface area contributed by atoms with Crippen LogP contribution in [0.1, 0.15) is 5.56 Å². The van der Waals surface area contributed by atoms with Gasteiger partial charge in [-0.05, 0) is 11.1 Å². The summed E-state index contributed by atoms with van der Waals surface area (Å²) in [5.41, 5.74) is 10.7. The van der Waals surface area contributed by atoms with Gasteiger partial charge in [0.15, 0.2) is 0 Å². The summed E-state index contributed by atoms with van der Waals surface area (Å²) >= 11 is 0. The zero-order chi connectivity index (χ0) is 10.6. The third-order valence-corrected chi connectivity index (χ3v) is 3.19. The van der Waals surface area contributed by atoms with Crippen molar-refractivity contribution in [2.24, 2.45) is 5.73 Å². The lowest BCUT2D eigenvalue weighted by Gasteiger charge is -2.13. The highest BCUT2D eigenvalue weighted by molar-refractivity contribution is 6.81. The van der Waals surface area contributed by atoms with Gasteiger partial charge in [-0.3, -0.25) is 0 Å². The van der Waals surface area contributed by atoms with Crippen molar-refractivity contribution in [2.75, 3.05) is 6.54 Å². The second-order valence-corrected chi connectivity index (χ2v) is 9.63. The lowest BCUT2D eigenvalue weighted by Crippen LogP contribution is -2.18. The molecule has 0 spiro atoms. The van der Waals surface area contributed by atoms with Crippen molar-refractivity contribution in [3.63, 3.8) is 0 Å². The van der Waals surface area contributed by atoms with E-state index in [1.165, 1.54) is 11.1 Å². The Balaban J connectivity index is 3.00. The third kappa shape index (κ3) is 3.48. The van der Waals surface area contributed by atoms with Crippen LogP contribution >= 0.6 is 0 Å². The van der Waals surface area contributed by atoms with Gasteiger partial charge < -0.3 is 5.73 Å². The molecule has 0 aliphatic carbocycles. The molecular formula is C12H19NSi. The molecule has 0 radical (unpaired) electrons. The number of hydrogen-bond donors (Lipinski definition) is 1. The van der Waals surface area contributed by atoms with E-state index in [0.29, 0.717) is 6.54 Å². The van der Waals surface area contributed by atoms with Gasteiger partial charge in [-0.25, -0.2) is 0 Å². The Morgan fingerprint density at radius 1 is 1.21 bits per heavy atom. The van der Waals surface area contributed by atoms with Gasteiger partial charge in [-0.1, -0.05) is 55.7 Å². The largest absolute Gasteiger partial charge is 0.327 e. The first-order chi connectivity index (χ1) is 6.53. The topological polar surface area (TPSA) is 26.0 Å². The van der Waals surface area contributed by atoms with Crippen molar-refractivity contribution in [1.82, 2.24) is 0 Å². The van der Waals surface area contributed by atoms with Crippen LogP contribution in [0, 0.1) is 0 Å². The second-order valence-electron chi connectivity index (χ2n) is 4.61.